The Bertz CT molecular complexity index is 596. The van der Waals surface area contributed by atoms with Gasteiger partial charge in [0, 0.05) is 32.7 Å². The predicted octanol–water partition coefficient (Wildman–Crippen LogP) is 1.89. The molecule has 1 aliphatic rings. The van der Waals surface area contributed by atoms with Gasteiger partial charge in [-0.25, -0.2) is 8.78 Å². The minimum Gasteiger partial charge on any atom is -0.469 e. The maximum atomic E-state index is 13.9. The molecule has 1 heterocycles. The summed E-state index contributed by atoms with van der Waals surface area (Å²) < 4.78 is 32.3. The molecule has 0 spiro atoms. The molecule has 0 bridgehead atoms. The van der Waals surface area contributed by atoms with E-state index in [1.165, 1.54) is 25.3 Å². The molecule has 0 amide bonds. The summed E-state index contributed by atoms with van der Waals surface area (Å²) in [5, 5.41) is 6.21. The number of esters is 1. The zero-order chi connectivity index (χ0) is 17.5. The van der Waals surface area contributed by atoms with E-state index < -0.39 is 11.6 Å². The van der Waals surface area contributed by atoms with Crippen LogP contribution in [0.2, 0.25) is 0 Å². The van der Waals surface area contributed by atoms with E-state index in [2.05, 4.69) is 20.4 Å². The lowest BCUT2D eigenvalue weighted by molar-refractivity contribution is -0.140. The van der Waals surface area contributed by atoms with Gasteiger partial charge in [-0.05, 0) is 18.6 Å². The van der Waals surface area contributed by atoms with Crippen LogP contribution in [0.5, 0.6) is 0 Å². The minimum absolute atomic E-state index is 0. The highest BCUT2D eigenvalue weighted by atomic mass is 127. The molecule has 0 saturated carbocycles. The highest BCUT2D eigenvalue weighted by Crippen LogP contribution is 2.26. The largest absolute Gasteiger partial charge is 0.469 e. The van der Waals surface area contributed by atoms with Crippen LogP contribution in [0, 0.1) is 11.6 Å². The molecule has 9 heteroatoms. The van der Waals surface area contributed by atoms with Crippen LogP contribution in [0.15, 0.2) is 23.2 Å². The predicted molar refractivity (Wildman–Crippen MR) is 104 cm³/mol. The molecule has 25 heavy (non-hydrogen) atoms. The number of hydrogen-bond donors (Lipinski definition) is 2. The summed E-state index contributed by atoms with van der Waals surface area (Å²) in [7, 11) is 2.96. The Balaban J connectivity index is 0.00000312. The van der Waals surface area contributed by atoms with Crippen molar-refractivity contribution in [2.75, 3.05) is 38.7 Å². The SMILES string of the molecule is CN=C(NCCC(=O)OC)NC1CCN(c2c(F)cccc2F)C1.I. The number of aliphatic imine (C=N–C) groups is 1. The van der Waals surface area contributed by atoms with Gasteiger partial charge in [0.05, 0.1) is 13.5 Å². The molecule has 1 saturated heterocycles. The van der Waals surface area contributed by atoms with Crippen molar-refractivity contribution in [1.82, 2.24) is 10.6 Å². The molecule has 140 valence electrons. The van der Waals surface area contributed by atoms with Crippen molar-refractivity contribution < 1.29 is 18.3 Å². The van der Waals surface area contributed by atoms with Crippen molar-refractivity contribution in [3.8, 4) is 0 Å². The maximum absolute atomic E-state index is 13.9. The molecular formula is C16H23F2IN4O2. The summed E-state index contributed by atoms with van der Waals surface area (Å²) in [4.78, 5) is 16.9. The van der Waals surface area contributed by atoms with Crippen LogP contribution in [0.25, 0.3) is 0 Å². The van der Waals surface area contributed by atoms with Crippen LogP contribution in [-0.2, 0) is 9.53 Å². The van der Waals surface area contributed by atoms with Crippen LogP contribution >= 0.6 is 24.0 Å². The number of rotatable bonds is 5. The van der Waals surface area contributed by atoms with Gasteiger partial charge in [0.1, 0.15) is 17.3 Å². The standard InChI is InChI=1S/C16H22F2N4O2.HI/c1-19-16(20-8-6-14(23)24-2)21-11-7-9-22(10-11)15-12(17)4-3-5-13(15)18;/h3-5,11H,6-10H2,1-2H3,(H2,19,20,21);1H. The van der Waals surface area contributed by atoms with E-state index in [0.717, 1.165) is 6.42 Å². The third-order valence-electron chi connectivity index (χ3n) is 3.86. The van der Waals surface area contributed by atoms with Crippen LogP contribution in [0.3, 0.4) is 0 Å². The minimum atomic E-state index is -0.559. The molecule has 2 rings (SSSR count). The number of guanidine groups is 1. The van der Waals surface area contributed by atoms with Crippen molar-refractivity contribution in [3.63, 3.8) is 0 Å². The molecule has 1 fully saturated rings. The van der Waals surface area contributed by atoms with Gasteiger partial charge in [-0.1, -0.05) is 6.07 Å². The number of anilines is 1. The lowest BCUT2D eigenvalue weighted by atomic mass is 10.2. The number of hydrogen-bond acceptors (Lipinski definition) is 4. The van der Waals surface area contributed by atoms with Gasteiger partial charge in [-0.15, -0.1) is 24.0 Å². The van der Waals surface area contributed by atoms with Crippen molar-refractivity contribution >= 4 is 41.6 Å². The number of nitrogens with one attached hydrogen (secondary N) is 2. The smallest absolute Gasteiger partial charge is 0.307 e. The number of nitrogens with zero attached hydrogens (tertiary/aromatic N) is 2. The number of benzene rings is 1. The van der Waals surface area contributed by atoms with E-state index in [-0.39, 0.29) is 48.1 Å². The molecule has 0 aromatic heterocycles. The second-order valence-corrected chi connectivity index (χ2v) is 5.47. The third kappa shape index (κ3) is 5.98. The normalized spacial score (nSPS) is 17.0. The molecular weight excluding hydrogens is 445 g/mol. The fraction of sp³-hybridized carbons (Fsp3) is 0.500. The second kappa shape index (κ2) is 10.4. The van der Waals surface area contributed by atoms with Gasteiger partial charge in [0.15, 0.2) is 5.96 Å². The first-order chi connectivity index (χ1) is 11.5. The Hall–Kier alpha value is -1.65. The Morgan fingerprint density at radius 1 is 1.40 bits per heavy atom. The number of methoxy groups -OCH3 is 1. The number of carbonyl (C=O) groups is 1. The first-order valence-corrected chi connectivity index (χ1v) is 7.78. The number of carbonyl (C=O) groups excluding carboxylic acids is 1. The fourth-order valence-corrected chi connectivity index (χ4v) is 2.65. The molecule has 1 aromatic carbocycles. The van der Waals surface area contributed by atoms with Crippen molar-refractivity contribution in [1.29, 1.82) is 0 Å². The van der Waals surface area contributed by atoms with Gasteiger partial charge in [0.25, 0.3) is 0 Å². The van der Waals surface area contributed by atoms with Gasteiger partial charge >= 0.3 is 5.97 Å². The highest BCUT2D eigenvalue weighted by molar-refractivity contribution is 14.0. The first-order valence-electron chi connectivity index (χ1n) is 7.78. The zero-order valence-corrected chi connectivity index (χ0v) is 16.6. The van der Waals surface area contributed by atoms with Crippen LogP contribution in [0.4, 0.5) is 14.5 Å². The fourth-order valence-electron chi connectivity index (χ4n) is 2.65. The van der Waals surface area contributed by atoms with Crippen LogP contribution in [-0.4, -0.2) is 51.8 Å². The summed E-state index contributed by atoms with van der Waals surface area (Å²) in [6.07, 6.45) is 0.958. The Labute approximate surface area is 163 Å². The summed E-state index contributed by atoms with van der Waals surface area (Å²) >= 11 is 0. The zero-order valence-electron chi connectivity index (χ0n) is 14.2. The van der Waals surface area contributed by atoms with Crippen molar-refractivity contribution in [2.24, 2.45) is 4.99 Å². The monoisotopic (exact) mass is 468 g/mol. The molecule has 6 nitrogen and oxygen atoms in total. The lowest BCUT2D eigenvalue weighted by Gasteiger charge is -2.21. The van der Waals surface area contributed by atoms with E-state index in [4.69, 9.17) is 0 Å². The van der Waals surface area contributed by atoms with E-state index in [1.807, 2.05) is 0 Å². The quantitative estimate of drug-likeness (QED) is 0.299. The second-order valence-electron chi connectivity index (χ2n) is 5.47. The topological polar surface area (TPSA) is 66.0 Å². The average molecular weight is 468 g/mol. The number of para-hydroxylation sites is 1. The number of halogens is 3. The summed E-state index contributed by atoms with van der Waals surface area (Å²) in [6.45, 7) is 1.41. The molecule has 0 aliphatic carbocycles. The Morgan fingerprint density at radius 2 is 2.08 bits per heavy atom. The summed E-state index contributed by atoms with van der Waals surface area (Å²) in [5.41, 5.74) is 0.00966. The van der Waals surface area contributed by atoms with E-state index >= 15 is 0 Å². The Morgan fingerprint density at radius 3 is 2.68 bits per heavy atom. The first kappa shape index (κ1) is 21.4. The molecule has 0 radical (unpaired) electrons. The maximum Gasteiger partial charge on any atom is 0.307 e. The van der Waals surface area contributed by atoms with Gasteiger partial charge in [-0.3, -0.25) is 9.79 Å². The van der Waals surface area contributed by atoms with Crippen LogP contribution in [0.1, 0.15) is 12.8 Å². The van der Waals surface area contributed by atoms with Gasteiger partial charge < -0.3 is 20.3 Å². The van der Waals surface area contributed by atoms with Gasteiger partial charge in [-0.2, -0.15) is 0 Å². The Kier molecular flexibility index (Phi) is 8.87. The van der Waals surface area contributed by atoms with Crippen molar-refractivity contribution in [3.05, 3.63) is 29.8 Å². The molecule has 1 aliphatic heterocycles. The van der Waals surface area contributed by atoms with Crippen molar-refractivity contribution in [2.45, 2.75) is 18.9 Å². The van der Waals surface area contributed by atoms with Crippen LogP contribution < -0.4 is 15.5 Å². The lowest BCUT2D eigenvalue weighted by Crippen LogP contribution is -2.45. The van der Waals surface area contributed by atoms with E-state index in [9.17, 15) is 13.6 Å². The molecule has 1 aromatic rings. The molecule has 2 N–H and O–H groups in total. The summed E-state index contributed by atoms with van der Waals surface area (Å²) in [5.74, 6) is -0.882. The van der Waals surface area contributed by atoms with E-state index in [1.54, 1.807) is 11.9 Å². The summed E-state index contributed by atoms with van der Waals surface area (Å²) in [6, 6.07) is 3.87. The molecule has 1 atom stereocenters. The third-order valence-corrected chi connectivity index (χ3v) is 3.86. The molecule has 1 unspecified atom stereocenters. The number of ether oxygens (including phenoxy) is 1. The van der Waals surface area contributed by atoms with Gasteiger partial charge in [0.2, 0.25) is 0 Å². The highest BCUT2D eigenvalue weighted by Gasteiger charge is 2.27. The average Bonchev–Trinajstić information content (AvgIpc) is 3.01. The van der Waals surface area contributed by atoms with E-state index in [0.29, 0.717) is 25.6 Å².